The lowest BCUT2D eigenvalue weighted by Crippen LogP contribution is -2.61. The maximum absolute atomic E-state index is 16.4. The monoisotopic (exact) mass is 1140 g/mol. The van der Waals surface area contributed by atoms with Crippen LogP contribution in [0.15, 0.2) is 140 Å². The van der Waals surface area contributed by atoms with E-state index in [4.69, 9.17) is 18.9 Å². The van der Waals surface area contributed by atoms with Gasteiger partial charge in [0, 0.05) is 0 Å². The first kappa shape index (κ1) is 62.9. The summed E-state index contributed by atoms with van der Waals surface area (Å²) in [6, 6.07) is 32.7. The second-order valence-electron chi connectivity index (χ2n) is 22.0. The van der Waals surface area contributed by atoms with Gasteiger partial charge < -0.3 is 50.8 Å². The van der Waals surface area contributed by atoms with Gasteiger partial charge in [-0.25, -0.2) is 9.59 Å². The third kappa shape index (κ3) is 16.2. The Morgan fingerprint density at radius 1 is 0.585 bits per heavy atom. The van der Waals surface area contributed by atoms with Gasteiger partial charge >= 0.3 is 12.1 Å². The Kier molecular flexibility index (Phi) is 21.8. The van der Waals surface area contributed by atoms with Crippen LogP contribution in [-0.2, 0) is 43.0 Å². The predicted octanol–water partition coefficient (Wildman–Crippen LogP) is 5.93. The molecule has 0 bridgehead atoms. The van der Waals surface area contributed by atoms with Crippen molar-refractivity contribution in [2.75, 3.05) is 14.2 Å². The number of carbonyl (C=O) groups excluding carboxylic acids is 8. The summed E-state index contributed by atoms with van der Waals surface area (Å²) in [7, 11) is 3.06. The van der Waals surface area contributed by atoms with Crippen molar-refractivity contribution in [2.24, 2.45) is 11.8 Å². The normalized spacial score (nSPS) is 19.9. The molecule has 6 amide bonds. The molecule has 0 aromatic heterocycles. The maximum atomic E-state index is 16.4. The quantitative estimate of drug-likeness (QED) is 0.0528. The van der Waals surface area contributed by atoms with Crippen molar-refractivity contribution in [1.29, 1.82) is 0 Å². The first-order valence-electron chi connectivity index (χ1n) is 27.4. The Morgan fingerprint density at radius 3 is 1.46 bits per heavy atom. The van der Waals surface area contributed by atoms with Gasteiger partial charge in [-0.2, -0.15) is 0 Å². The molecule has 19 heteroatoms. The van der Waals surface area contributed by atoms with Crippen LogP contribution in [0.2, 0.25) is 0 Å². The fraction of sp³-hybridized carbons (Fsp3) is 0.381. The largest absolute Gasteiger partial charge is 0.497 e. The fourth-order valence-corrected chi connectivity index (χ4v) is 14.1. The molecule has 5 aromatic rings. The summed E-state index contributed by atoms with van der Waals surface area (Å²) in [5.41, 5.74) is 0.256. The van der Waals surface area contributed by atoms with E-state index in [9.17, 15) is 19.2 Å². The molecule has 0 aliphatic carbocycles. The molecule has 1 unspecified atom stereocenters. The van der Waals surface area contributed by atoms with Gasteiger partial charge in [-0.05, 0) is 117 Å². The van der Waals surface area contributed by atoms with E-state index in [1.807, 2.05) is 82.3 Å². The van der Waals surface area contributed by atoms with Crippen molar-refractivity contribution in [3.8, 4) is 11.5 Å². The second-order valence-corrected chi connectivity index (χ2v) is 25.4. The number of cyclic esters (lactones) is 1. The minimum Gasteiger partial charge on any atom is -0.497 e. The second kappa shape index (κ2) is 28.4. The lowest BCUT2D eigenvalue weighted by Gasteiger charge is -2.34. The molecule has 6 atom stereocenters. The van der Waals surface area contributed by atoms with Crippen molar-refractivity contribution in [3.63, 3.8) is 0 Å². The number of alkyl carbamates (subject to hydrolysis) is 1. The summed E-state index contributed by atoms with van der Waals surface area (Å²) in [6.07, 6.45) is -3.26. The van der Waals surface area contributed by atoms with E-state index in [2.05, 4.69) is 31.9 Å². The summed E-state index contributed by atoms with van der Waals surface area (Å²) in [4.78, 5) is 120. The van der Waals surface area contributed by atoms with Crippen molar-refractivity contribution in [1.82, 2.24) is 31.9 Å². The number of benzene rings is 5. The van der Waals surface area contributed by atoms with Crippen LogP contribution in [0.5, 0.6) is 11.5 Å². The lowest BCUT2D eigenvalue weighted by atomic mass is 9.96. The van der Waals surface area contributed by atoms with Crippen LogP contribution in [0, 0.1) is 11.8 Å². The van der Waals surface area contributed by atoms with E-state index in [0.29, 0.717) is 38.5 Å². The van der Waals surface area contributed by atoms with Crippen LogP contribution < -0.4 is 57.3 Å². The van der Waals surface area contributed by atoms with Gasteiger partial charge in [0.05, 0.1) is 38.0 Å². The smallest absolute Gasteiger partial charge is 0.408 e. The van der Waals surface area contributed by atoms with E-state index in [0.717, 1.165) is 0 Å². The molecule has 0 radical (unpaired) electrons. The number of Topliss-reactive ketones (excluding diaryl/α,β-unsaturated/α-hetero) is 1. The number of esters is 1. The minimum absolute atomic E-state index is 0.0190. The molecule has 0 saturated carbocycles. The SMILES string of the molecule is COc1ccc(C(NC(=O)C[C@@H]2NC(=O)[C@H](CC(C)C)NC(=O)C(=P(c3ccccc3)(c3ccccc3)c3ccccc3)C(=O)[C@H](CC(C)C)NC(=O)[C@@H](NC(=O)OC(C)(C)C)C(C)OC(=O)[C@@H](C)NC2=O)c2ccc(OC)cc2)cc1. The Morgan fingerprint density at radius 2 is 1.02 bits per heavy atom. The fourth-order valence-electron chi connectivity index (χ4n) is 9.67. The van der Waals surface area contributed by atoms with Gasteiger partial charge in [-0.3, -0.25) is 28.8 Å². The van der Waals surface area contributed by atoms with Crippen molar-refractivity contribution in [3.05, 3.63) is 151 Å². The number of carbonyl (C=O) groups is 8. The zero-order valence-electron chi connectivity index (χ0n) is 48.4. The molecule has 436 valence electrons. The number of hydrogen-bond acceptors (Lipinski definition) is 12. The van der Waals surface area contributed by atoms with E-state index in [1.54, 1.807) is 106 Å². The van der Waals surface area contributed by atoms with Gasteiger partial charge in [0.25, 0.3) is 5.91 Å². The number of ether oxygens (including phenoxy) is 4. The molecule has 1 saturated heterocycles. The Labute approximate surface area is 480 Å². The average molecular weight is 1140 g/mol. The third-order valence-electron chi connectivity index (χ3n) is 13.5. The molecule has 1 aliphatic heterocycles. The molecule has 1 fully saturated rings. The number of ketones is 1. The highest BCUT2D eigenvalue weighted by Crippen LogP contribution is 2.47. The van der Waals surface area contributed by atoms with Crippen LogP contribution in [0.25, 0.3) is 0 Å². The molecule has 1 heterocycles. The van der Waals surface area contributed by atoms with Crippen LogP contribution in [0.3, 0.4) is 0 Å². The highest BCUT2D eigenvalue weighted by Gasteiger charge is 2.43. The molecular weight excluding hydrogens is 1060 g/mol. The van der Waals surface area contributed by atoms with Gasteiger partial charge in [0.2, 0.25) is 23.6 Å². The number of nitrogens with one attached hydrogen (secondary N) is 6. The van der Waals surface area contributed by atoms with Crippen molar-refractivity contribution < 1.29 is 57.3 Å². The summed E-state index contributed by atoms with van der Waals surface area (Å²) >= 11 is 0. The summed E-state index contributed by atoms with van der Waals surface area (Å²) in [5.74, 6) is -5.73. The summed E-state index contributed by atoms with van der Waals surface area (Å²) in [5, 5.41) is 18.2. The van der Waals surface area contributed by atoms with Gasteiger partial charge in [-0.1, -0.05) is 143 Å². The topological polar surface area (TPSA) is 246 Å². The van der Waals surface area contributed by atoms with E-state index < -0.39 is 109 Å². The molecule has 6 rings (SSSR count). The summed E-state index contributed by atoms with van der Waals surface area (Å²) < 4.78 is 22.2. The molecule has 1 aliphatic rings. The molecule has 18 nitrogen and oxygen atoms in total. The highest BCUT2D eigenvalue weighted by molar-refractivity contribution is 7.97. The van der Waals surface area contributed by atoms with Crippen LogP contribution in [0.4, 0.5) is 4.79 Å². The Bertz CT molecular complexity index is 2940. The number of methoxy groups -OCH3 is 2. The highest BCUT2D eigenvalue weighted by atomic mass is 31.2. The molecule has 5 aromatic carbocycles. The van der Waals surface area contributed by atoms with Crippen molar-refractivity contribution >= 4 is 75.5 Å². The van der Waals surface area contributed by atoms with Gasteiger partial charge in [0.1, 0.15) is 47.4 Å². The molecule has 82 heavy (non-hydrogen) atoms. The lowest BCUT2D eigenvalue weighted by molar-refractivity contribution is -0.154. The van der Waals surface area contributed by atoms with E-state index in [1.165, 1.54) is 28.1 Å². The van der Waals surface area contributed by atoms with E-state index >= 15 is 19.2 Å². The zero-order valence-corrected chi connectivity index (χ0v) is 49.3. The minimum atomic E-state index is -3.70. The van der Waals surface area contributed by atoms with Crippen LogP contribution in [-0.4, -0.2) is 109 Å². The van der Waals surface area contributed by atoms with Crippen LogP contribution in [0.1, 0.15) is 98.7 Å². The third-order valence-corrected chi connectivity index (χ3v) is 17.9. The zero-order chi connectivity index (χ0) is 59.9. The Hall–Kier alpha value is -8.24. The molecular formula is C63H77N6O12P. The number of rotatable bonds is 15. The average Bonchev–Trinajstić information content (AvgIpc) is 1.23. The van der Waals surface area contributed by atoms with Gasteiger partial charge in [0.15, 0.2) is 5.78 Å². The number of amides is 6. The maximum Gasteiger partial charge on any atom is 0.408 e. The van der Waals surface area contributed by atoms with E-state index in [-0.39, 0.29) is 30.0 Å². The Balaban J connectivity index is 1.58. The first-order chi connectivity index (χ1) is 38.9. The number of hydrogen-bond donors (Lipinski definition) is 6. The predicted molar refractivity (Wildman–Crippen MR) is 317 cm³/mol. The van der Waals surface area contributed by atoms with Gasteiger partial charge in [-0.15, -0.1) is 0 Å². The standard InChI is InChI=1S/C63H77N6O12P/c1-38(2)35-49-55(71)56(82(46-21-15-12-16-22-46,47-23-17-13-18-24-47)48-25-19-14-20-26-48)60(75)67-50(36-39(3)4)58(73)66-51(37-52(70)68-54(42-27-31-44(78-10)32-28-42)43-29-33-45(79-11)34-30-43)57(72)64-40(5)61(76)80-41(6)53(59(74)65-49)69-62(77)81-63(7,8)9/h12-34,38-41,49-51,53-54H,35-37H2,1-11H3,(H,64,72)(H,65,74)(H,66,73)(H,67,75)(H,68,70)(H,69,77)/t40-,41?,49+,50+,51+,53+/m1/s1. The van der Waals surface area contributed by atoms with Crippen molar-refractivity contribution in [2.45, 2.75) is 130 Å². The molecule has 0 spiro atoms. The first-order valence-corrected chi connectivity index (χ1v) is 29.2. The summed E-state index contributed by atoms with van der Waals surface area (Å²) in [6.45, 7) is 11.2. The molecule has 6 N–H and O–H groups in total. The van der Waals surface area contributed by atoms with Crippen LogP contribution >= 0.6 is 6.89 Å².